The molecule has 3 rings (SSSR count). The molecule has 1 fully saturated rings. The molecule has 1 aliphatic rings. The Balaban J connectivity index is 1.84. The van der Waals surface area contributed by atoms with Gasteiger partial charge in [0, 0.05) is 5.02 Å². The SMILES string of the molecule is COc1ccc(/C=C2\SC(=O)N(Cc3ccc(F)cc3Cl)C2=O)cc1OC. The van der Waals surface area contributed by atoms with Gasteiger partial charge in [-0.1, -0.05) is 23.7 Å². The molecular formula is C19H15ClFNO4S. The van der Waals surface area contributed by atoms with Crippen LogP contribution in [0.1, 0.15) is 11.1 Å². The number of hydrogen-bond acceptors (Lipinski definition) is 5. The highest BCUT2D eigenvalue weighted by Crippen LogP contribution is 2.35. The highest BCUT2D eigenvalue weighted by molar-refractivity contribution is 8.18. The molecule has 0 N–H and O–H groups in total. The van der Waals surface area contributed by atoms with Crippen molar-refractivity contribution >= 4 is 40.6 Å². The van der Waals surface area contributed by atoms with Crippen LogP contribution in [0.15, 0.2) is 41.3 Å². The maximum absolute atomic E-state index is 13.2. The van der Waals surface area contributed by atoms with Crippen LogP contribution in [-0.2, 0) is 11.3 Å². The molecule has 0 spiro atoms. The molecule has 0 atom stereocenters. The quantitative estimate of drug-likeness (QED) is 0.670. The highest BCUT2D eigenvalue weighted by atomic mass is 35.5. The summed E-state index contributed by atoms with van der Waals surface area (Å²) in [7, 11) is 3.05. The van der Waals surface area contributed by atoms with Gasteiger partial charge in [0.2, 0.25) is 0 Å². The van der Waals surface area contributed by atoms with Crippen LogP contribution >= 0.6 is 23.4 Å². The first-order valence-corrected chi connectivity index (χ1v) is 9.03. The molecule has 5 nitrogen and oxygen atoms in total. The van der Waals surface area contributed by atoms with Gasteiger partial charge in [-0.25, -0.2) is 4.39 Å². The van der Waals surface area contributed by atoms with E-state index in [-0.39, 0.29) is 16.5 Å². The molecule has 1 heterocycles. The molecule has 0 radical (unpaired) electrons. The lowest BCUT2D eigenvalue weighted by Crippen LogP contribution is -2.27. The molecule has 2 amide bonds. The van der Waals surface area contributed by atoms with E-state index in [0.717, 1.165) is 22.7 Å². The molecule has 0 saturated carbocycles. The molecule has 8 heteroatoms. The zero-order valence-electron chi connectivity index (χ0n) is 14.5. The Hall–Kier alpha value is -2.51. The molecule has 2 aromatic carbocycles. The number of carbonyl (C=O) groups is 2. The van der Waals surface area contributed by atoms with Gasteiger partial charge in [-0.05, 0) is 53.2 Å². The lowest BCUT2D eigenvalue weighted by atomic mass is 10.1. The first kappa shape index (κ1) is 19.3. The number of amides is 2. The van der Waals surface area contributed by atoms with Gasteiger partial charge in [0.25, 0.3) is 11.1 Å². The zero-order chi connectivity index (χ0) is 19.6. The van der Waals surface area contributed by atoms with Crippen molar-refractivity contribution in [3.8, 4) is 11.5 Å². The second kappa shape index (κ2) is 8.02. The monoisotopic (exact) mass is 407 g/mol. The smallest absolute Gasteiger partial charge is 0.293 e. The van der Waals surface area contributed by atoms with E-state index in [1.165, 1.54) is 26.4 Å². The maximum Gasteiger partial charge on any atom is 0.293 e. The molecule has 0 aliphatic carbocycles. The number of ether oxygens (including phenoxy) is 2. The van der Waals surface area contributed by atoms with Crippen molar-refractivity contribution in [1.82, 2.24) is 4.90 Å². The van der Waals surface area contributed by atoms with E-state index >= 15 is 0 Å². The first-order valence-electron chi connectivity index (χ1n) is 7.84. The predicted molar refractivity (Wildman–Crippen MR) is 102 cm³/mol. The van der Waals surface area contributed by atoms with Crippen LogP contribution in [0.4, 0.5) is 9.18 Å². The van der Waals surface area contributed by atoms with E-state index in [0.29, 0.717) is 22.6 Å². The van der Waals surface area contributed by atoms with Crippen LogP contribution in [0.2, 0.25) is 5.02 Å². The van der Waals surface area contributed by atoms with Crippen LogP contribution in [0.3, 0.4) is 0 Å². The number of rotatable bonds is 5. The van der Waals surface area contributed by atoms with Crippen molar-refractivity contribution in [2.24, 2.45) is 0 Å². The number of carbonyl (C=O) groups excluding carboxylic acids is 2. The van der Waals surface area contributed by atoms with Crippen LogP contribution < -0.4 is 9.47 Å². The standard InChI is InChI=1S/C19H15ClFNO4S/c1-25-15-6-3-11(7-16(15)26-2)8-17-18(23)22(19(24)27-17)10-12-4-5-13(21)9-14(12)20/h3-9H,10H2,1-2H3/b17-8-. The third-order valence-electron chi connectivity index (χ3n) is 3.92. The predicted octanol–water partition coefficient (Wildman–Crippen LogP) is 4.73. The van der Waals surface area contributed by atoms with E-state index < -0.39 is 17.0 Å². The van der Waals surface area contributed by atoms with Gasteiger partial charge in [-0.3, -0.25) is 14.5 Å². The molecular weight excluding hydrogens is 393 g/mol. The minimum Gasteiger partial charge on any atom is -0.493 e. The Bertz CT molecular complexity index is 947. The summed E-state index contributed by atoms with van der Waals surface area (Å²) in [6.45, 7) is -0.0208. The Labute approximate surface area is 164 Å². The number of halogens is 2. The third kappa shape index (κ3) is 4.09. The van der Waals surface area contributed by atoms with E-state index in [9.17, 15) is 14.0 Å². The molecule has 1 saturated heterocycles. The Kier molecular flexibility index (Phi) is 5.72. The van der Waals surface area contributed by atoms with E-state index in [4.69, 9.17) is 21.1 Å². The van der Waals surface area contributed by atoms with Gasteiger partial charge in [0.15, 0.2) is 11.5 Å². The van der Waals surface area contributed by atoms with Crippen LogP contribution in [0, 0.1) is 5.82 Å². The number of hydrogen-bond donors (Lipinski definition) is 0. The fourth-order valence-corrected chi connectivity index (χ4v) is 3.62. The van der Waals surface area contributed by atoms with E-state index in [1.807, 2.05) is 0 Å². The fraction of sp³-hybridized carbons (Fsp3) is 0.158. The van der Waals surface area contributed by atoms with Gasteiger partial charge in [-0.2, -0.15) is 0 Å². The van der Waals surface area contributed by atoms with E-state index in [2.05, 4.69) is 0 Å². The zero-order valence-corrected chi connectivity index (χ0v) is 16.1. The number of methoxy groups -OCH3 is 2. The van der Waals surface area contributed by atoms with Crippen molar-refractivity contribution in [3.05, 3.63) is 63.3 Å². The average Bonchev–Trinajstić information content (AvgIpc) is 2.91. The number of thioether (sulfide) groups is 1. The van der Waals surface area contributed by atoms with Crippen LogP contribution in [0.25, 0.3) is 6.08 Å². The summed E-state index contributed by atoms with van der Waals surface area (Å²) < 4.78 is 23.6. The number of nitrogens with zero attached hydrogens (tertiary/aromatic N) is 1. The second-order valence-corrected chi connectivity index (χ2v) is 7.02. The van der Waals surface area contributed by atoms with Gasteiger partial charge >= 0.3 is 0 Å². The van der Waals surface area contributed by atoms with Crippen molar-refractivity contribution in [1.29, 1.82) is 0 Å². The summed E-state index contributed by atoms with van der Waals surface area (Å²) in [6.07, 6.45) is 1.61. The molecule has 140 valence electrons. The summed E-state index contributed by atoms with van der Waals surface area (Å²) >= 11 is 6.83. The lowest BCUT2D eigenvalue weighted by Gasteiger charge is -2.13. The summed E-state index contributed by atoms with van der Waals surface area (Å²) in [6, 6.07) is 9.02. The molecule has 0 bridgehead atoms. The van der Waals surface area contributed by atoms with Gasteiger partial charge in [0.1, 0.15) is 5.82 Å². The maximum atomic E-state index is 13.2. The minimum atomic E-state index is -0.480. The van der Waals surface area contributed by atoms with Crippen molar-refractivity contribution < 1.29 is 23.5 Å². The highest BCUT2D eigenvalue weighted by Gasteiger charge is 2.35. The average molecular weight is 408 g/mol. The van der Waals surface area contributed by atoms with Crippen molar-refractivity contribution in [3.63, 3.8) is 0 Å². The summed E-state index contributed by atoms with van der Waals surface area (Å²) in [5.41, 5.74) is 1.19. The summed E-state index contributed by atoms with van der Waals surface area (Å²) in [4.78, 5) is 26.2. The topological polar surface area (TPSA) is 55.8 Å². The van der Waals surface area contributed by atoms with E-state index in [1.54, 1.807) is 24.3 Å². The molecule has 27 heavy (non-hydrogen) atoms. The van der Waals surface area contributed by atoms with Crippen LogP contribution in [0.5, 0.6) is 11.5 Å². The second-order valence-electron chi connectivity index (χ2n) is 5.62. The minimum absolute atomic E-state index is 0.0208. The van der Waals surface area contributed by atoms with Crippen molar-refractivity contribution in [2.75, 3.05) is 14.2 Å². The molecule has 0 aromatic heterocycles. The largest absolute Gasteiger partial charge is 0.493 e. The van der Waals surface area contributed by atoms with Crippen LogP contribution in [-0.4, -0.2) is 30.3 Å². The Morgan fingerprint density at radius 3 is 2.52 bits per heavy atom. The van der Waals surface area contributed by atoms with Gasteiger partial charge < -0.3 is 9.47 Å². The first-order chi connectivity index (χ1) is 12.9. The molecule has 0 unspecified atom stereocenters. The van der Waals surface area contributed by atoms with Gasteiger partial charge in [-0.15, -0.1) is 0 Å². The number of benzene rings is 2. The normalized spacial score (nSPS) is 15.6. The lowest BCUT2D eigenvalue weighted by molar-refractivity contribution is -0.123. The molecule has 1 aliphatic heterocycles. The van der Waals surface area contributed by atoms with Gasteiger partial charge in [0.05, 0.1) is 25.7 Å². The third-order valence-corrected chi connectivity index (χ3v) is 5.18. The molecule has 2 aromatic rings. The Morgan fingerprint density at radius 1 is 1.11 bits per heavy atom. The number of imide groups is 1. The fourth-order valence-electron chi connectivity index (χ4n) is 2.55. The Morgan fingerprint density at radius 2 is 1.85 bits per heavy atom. The summed E-state index contributed by atoms with van der Waals surface area (Å²) in [5.74, 6) is 0.170. The van der Waals surface area contributed by atoms with Crippen molar-refractivity contribution in [2.45, 2.75) is 6.54 Å². The summed E-state index contributed by atoms with van der Waals surface area (Å²) in [5, 5.41) is -0.245.